The van der Waals surface area contributed by atoms with E-state index in [1.807, 2.05) is 6.07 Å². The van der Waals surface area contributed by atoms with E-state index in [0.29, 0.717) is 5.69 Å². The summed E-state index contributed by atoms with van der Waals surface area (Å²) in [7, 11) is 0. The van der Waals surface area contributed by atoms with Crippen LogP contribution in [0.15, 0.2) is 18.3 Å². The first-order valence-corrected chi connectivity index (χ1v) is 5.20. The minimum atomic E-state index is -0.206. The van der Waals surface area contributed by atoms with Gasteiger partial charge in [-0.15, -0.1) is 0 Å². The van der Waals surface area contributed by atoms with Gasteiger partial charge < -0.3 is 10.6 Å². The molecule has 1 aliphatic heterocycles. The Hall–Kier alpha value is -2.09. The fraction of sp³-hybridized carbons (Fsp3) is 0.364. The molecule has 2 rings (SSSR count). The molecule has 5 nitrogen and oxygen atoms in total. The number of nitrogens with one attached hydrogen (secondary N) is 2. The predicted octanol–water partition coefficient (Wildman–Crippen LogP) is 0.644. The van der Waals surface area contributed by atoms with Crippen LogP contribution in [0.4, 0.5) is 5.69 Å². The number of amides is 1. The van der Waals surface area contributed by atoms with Crippen LogP contribution in [0.1, 0.15) is 18.5 Å². The highest BCUT2D eigenvalue weighted by molar-refractivity contribution is 5.85. The normalized spacial score (nSPS) is 19.7. The number of nitrogens with zero attached hydrogens (tertiary/aromatic N) is 2. The number of nitriles is 1. The Kier molecular flexibility index (Phi) is 3.01. The van der Waals surface area contributed by atoms with Crippen molar-refractivity contribution in [2.45, 2.75) is 18.9 Å². The van der Waals surface area contributed by atoms with Crippen LogP contribution < -0.4 is 10.6 Å². The maximum absolute atomic E-state index is 11.5. The SMILES string of the molecule is N#Cc1cc(NC2CCCNC2=O)ccn1. The van der Waals surface area contributed by atoms with E-state index < -0.39 is 0 Å². The van der Waals surface area contributed by atoms with Crippen LogP contribution in [0.25, 0.3) is 0 Å². The molecule has 5 heteroatoms. The van der Waals surface area contributed by atoms with Gasteiger partial charge in [0, 0.05) is 18.4 Å². The summed E-state index contributed by atoms with van der Waals surface area (Å²) in [5.41, 5.74) is 1.11. The highest BCUT2D eigenvalue weighted by Gasteiger charge is 2.21. The third kappa shape index (κ3) is 2.28. The van der Waals surface area contributed by atoms with Crippen LogP contribution in [-0.4, -0.2) is 23.5 Å². The fourth-order valence-corrected chi connectivity index (χ4v) is 1.69. The minimum absolute atomic E-state index is 0.0153. The zero-order valence-corrected chi connectivity index (χ0v) is 8.73. The van der Waals surface area contributed by atoms with Crippen molar-refractivity contribution < 1.29 is 4.79 Å². The lowest BCUT2D eigenvalue weighted by Crippen LogP contribution is -2.44. The summed E-state index contributed by atoms with van der Waals surface area (Å²) in [6.07, 6.45) is 3.34. The Balaban J connectivity index is 2.08. The van der Waals surface area contributed by atoms with Crippen molar-refractivity contribution in [1.82, 2.24) is 10.3 Å². The van der Waals surface area contributed by atoms with Crippen molar-refractivity contribution in [2.75, 3.05) is 11.9 Å². The molecule has 1 aromatic rings. The number of anilines is 1. The molecule has 1 amide bonds. The largest absolute Gasteiger partial charge is 0.374 e. The van der Waals surface area contributed by atoms with E-state index in [4.69, 9.17) is 5.26 Å². The van der Waals surface area contributed by atoms with E-state index in [-0.39, 0.29) is 11.9 Å². The van der Waals surface area contributed by atoms with E-state index >= 15 is 0 Å². The Bertz CT molecular complexity index is 438. The molecule has 2 N–H and O–H groups in total. The molecule has 0 spiro atoms. The molecule has 16 heavy (non-hydrogen) atoms. The molecule has 1 aromatic heterocycles. The summed E-state index contributed by atoms with van der Waals surface area (Å²) >= 11 is 0. The lowest BCUT2D eigenvalue weighted by molar-refractivity contribution is -0.123. The van der Waals surface area contributed by atoms with Gasteiger partial charge in [0.15, 0.2) is 0 Å². The van der Waals surface area contributed by atoms with Crippen molar-refractivity contribution in [2.24, 2.45) is 0 Å². The summed E-state index contributed by atoms with van der Waals surface area (Å²) in [5.74, 6) is 0.0153. The zero-order valence-electron chi connectivity index (χ0n) is 8.73. The molecule has 0 aliphatic carbocycles. The number of carbonyl (C=O) groups excluding carboxylic acids is 1. The Labute approximate surface area is 93.5 Å². The van der Waals surface area contributed by atoms with Gasteiger partial charge in [0.05, 0.1) is 0 Å². The molecule has 1 atom stereocenters. The van der Waals surface area contributed by atoms with E-state index in [1.54, 1.807) is 18.3 Å². The Morgan fingerprint density at radius 2 is 2.50 bits per heavy atom. The maximum Gasteiger partial charge on any atom is 0.242 e. The topological polar surface area (TPSA) is 77.8 Å². The summed E-state index contributed by atoms with van der Waals surface area (Å²) < 4.78 is 0. The first kappa shape index (κ1) is 10.4. The monoisotopic (exact) mass is 216 g/mol. The third-order valence-corrected chi connectivity index (χ3v) is 2.50. The third-order valence-electron chi connectivity index (χ3n) is 2.50. The van der Waals surface area contributed by atoms with E-state index in [2.05, 4.69) is 15.6 Å². The second kappa shape index (κ2) is 4.62. The molecule has 1 saturated heterocycles. The van der Waals surface area contributed by atoms with Crippen LogP contribution >= 0.6 is 0 Å². The standard InChI is InChI=1S/C11H12N4O/c12-7-9-6-8(3-5-13-9)15-10-2-1-4-14-11(10)16/h3,5-6,10H,1-2,4H2,(H,13,15)(H,14,16). The first-order valence-electron chi connectivity index (χ1n) is 5.20. The molecule has 0 saturated carbocycles. The summed E-state index contributed by atoms with van der Waals surface area (Å²) in [5, 5.41) is 14.6. The highest BCUT2D eigenvalue weighted by Crippen LogP contribution is 2.13. The van der Waals surface area contributed by atoms with Gasteiger partial charge in [0.1, 0.15) is 17.8 Å². The van der Waals surface area contributed by atoms with Crippen LogP contribution in [0, 0.1) is 11.3 Å². The van der Waals surface area contributed by atoms with Crippen molar-refractivity contribution in [3.05, 3.63) is 24.0 Å². The second-order valence-electron chi connectivity index (χ2n) is 3.67. The van der Waals surface area contributed by atoms with Gasteiger partial charge in [0.25, 0.3) is 0 Å². The number of rotatable bonds is 2. The van der Waals surface area contributed by atoms with Crippen LogP contribution in [0.3, 0.4) is 0 Å². The van der Waals surface area contributed by atoms with Gasteiger partial charge in [-0.25, -0.2) is 4.98 Å². The molecule has 1 aliphatic rings. The van der Waals surface area contributed by atoms with E-state index in [9.17, 15) is 4.79 Å². The Morgan fingerprint density at radius 3 is 3.25 bits per heavy atom. The molecule has 82 valence electrons. The number of piperidine rings is 1. The molecular formula is C11H12N4O. The zero-order chi connectivity index (χ0) is 11.4. The molecule has 0 aromatic carbocycles. The first-order chi connectivity index (χ1) is 7.79. The lowest BCUT2D eigenvalue weighted by Gasteiger charge is -2.23. The molecule has 1 fully saturated rings. The summed E-state index contributed by atoms with van der Waals surface area (Å²) in [6, 6.07) is 5.15. The van der Waals surface area contributed by atoms with Crippen molar-refractivity contribution in [1.29, 1.82) is 5.26 Å². The Morgan fingerprint density at radius 1 is 1.62 bits per heavy atom. The second-order valence-corrected chi connectivity index (χ2v) is 3.67. The van der Waals surface area contributed by atoms with E-state index in [0.717, 1.165) is 25.1 Å². The fourth-order valence-electron chi connectivity index (χ4n) is 1.69. The highest BCUT2D eigenvalue weighted by atomic mass is 16.2. The van der Waals surface area contributed by atoms with E-state index in [1.165, 1.54) is 0 Å². The molecule has 2 heterocycles. The molecule has 0 radical (unpaired) electrons. The smallest absolute Gasteiger partial charge is 0.242 e. The van der Waals surface area contributed by atoms with Crippen LogP contribution in [0.5, 0.6) is 0 Å². The van der Waals surface area contributed by atoms with Gasteiger partial charge in [-0.3, -0.25) is 4.79 Å². The van der Waals surface area contributed by atoms with Gasteiger partial charge in [-0.1, -0.05) is 0 Å². The molecular weight excluding hydrogens is 204 g/mol. The minimum Gasteiger partial charge on any atom is -0.374 e. The lowest BCUT2D eigenvalue weighted by atomic mass is 10.1. The quantitative estimate of drug-likeness (QED) is 0.760. The number of hydrogen-bond donors (Lipinski definition) is 2. The summed E-state index contributed by atoms with van der Waals surface area (Å²) in [4.78, 5) is 15.4. The van der Waals surface area contributed by atoms with Gasteiger partial charge >= 0.3 is 0 Å². The predicted molar refractivity (Wildman–Crippen MR) is 58.6 cm³/mol. The average molecular weight is 216 g/mol. The van der Waals surface area contributed by atoms with Crippen LogP contribution in [0.2, 0.25) is 0 Å². The van der Waals surface area contributed by atoms with Gasteiger partial charge in [-0.05, 0) is 25.0 Å². The molecule has 0 bridgehead atoms. The number of carbonyl (C=O) groups is 1. The number of hydrogen-bond acceptors (Lipinski definition) is 4. The number of aromatic nitrogens is 1. The van der Waals surface area contributed by atoms with Gasteiger partial charge in [0.2, 0.25) is 5.91 Å². The van der Waals surface area contributed by atoms with Crippen molar-refractivity contribution >= 4 is 11.6 Å². The number of pyridine rings is 1. The average Bonchev–Trinajstić information content (AvgIpc) is 2.32. The maximum atomic E-state index is 11.5. The van der Waals surface area contributed by atoms with Crippen molar-refractivity contribution in [3.63, 3.8) is 0 Å². The molecule has 1 unspecified atom stereocenters. The van der Waals surface area contributed by atoms with Gasteiger partial charge in [-0.2, -0.15) is 5.26 Å². The van der Waals surface area contributed by atoms with Crippen molar-refractivity contribution in [3.8, 4) is 6.07 Å². The van der Waals surface area contributed by atoms with Crippen LogP contribution in [-0.2, 0) is 4.79 Å². The summed E-state index contributed by atoms with van der Waals surface area (Å²) in [6.45, 7) is 0.747.